The van der Waals surface area contributed by atoms with Crippen LogP contribution in [0.5, 0.6) is 5.75 Å². The highest BCUT2D eigenvalue weighted by molar-refractivity contribution is 5.67. The van der Waals surface area contributed by atoms with Gasteiger partial charge in [0.15, 0.2) is 0 Å². The van der Waals surface area contributed by atoms with Crippen LogP contribution in [0, 0.1) is 0 Å². The third kappa shape index (κ3) is 14.9. The number of unbranched alkanes of at least 4 members (excludes halogenated alkanes) is 6. The SMILES string of the molecule is CCCCCCNC(=O)OCCN(CCOC(=O)NCCCCCC)c1ccc(/N=N/c2ccc(OC)cc2)cc1. The van der Waals surface area contributed by atoms with Crippen molar-refractivity contribution >= 4 is 29.2 Å². The Kier molecular flexibility index (Phi) is 17.1. The summed E-state index contributed by atoms with van der Waals surface area (Å²) in [7, 11) is 1.62. The highest BCUT2D eigenvalue weighted by Gasteiger charge is 2.11. The lowest BCUT2D eigenvalue weighted by Gasteiger charge is -2.24. The Morgan fingerprint density at radius 3 is 1.59 bits per heavy atom. The first kappa shape index (κ1) is 33.4. The van der Waals surface area contributed by atoms with Crippen LogP contribution in [0.25, 0.3) is 0 Å². The van der Waals surface area contributed by atoms with E-state index in [9.17, 15) is 9.59 Å². The summed E-state index contributed by atoms with van der Waals surface area (Å²) in [4.78, 5) is 26.2. The van der Waals surface area contributed by atoms with Crippen LogP contribution in [-0.2, 0) is 9.47 Å². The smallest absolute Gasteiger partial charge is 0.407 e. The summed E-state index contributed by atoms with van der Waals surface area (Å²) < 4.78 is 15.9. The predicted molar refractivity (Wildman–Crippen MR) is 163 cm³/mol. The van der Waals surface area contributed by atoms with E-state index in [0.29, 0.717) is 31.9 Å². The summed E-state index contributed by atoms with van der Waals surface area (Å²) in [6.45, 7) is 6.80. The van der Waals surface area contributed by atoms with Crippen molar-refractivity contribution in [2.45, 2.75) is 65.2 Å². The molecule has 2 aromatic carbocycles. The number of hydrogen-bond donors (Lipinski definition) is 2. The minimum absolute atomic E-state index is 0.198. The van der Waals surface area contributed by atoms with Crippen molar-refractivity contribution in [1.82, 2.24) is 10.6 Å². The van der Waals surface area contributed by atoms with Gasteiger partial charge in [0, 0.05) is 18.8 Å². The second-order valence-electron chi connectivity index (χ2n) is 9.65. The van der Waals surface area contributed by atoms with Crippen LogP contribution in [0.15, 0.2) is 58.8 Å². The van der Waals surface area contributed by atoms with E-state index in [1.165, 1.54) is 0 Å². The molecule has 0 aromatic heterocycles. The number of nitrogens with zero attached hydrogens (tertiary/aromatic N) is 3. The lowest BCUT2D eigenvalue weighted by molar-refractivity contribution is 0.144. The topological polar surface area (TPSA) is 114 Å². The van der Waals surface area contributed by atoms with Crippen LogP contribution in [0.2, 0.25) is 0 Å². The molecule has 0 aliphatic heterocycles. The van der Waals surface area contributed by atoms with E-state index in [1.54, 1.807) is 7.11 Å². The highest BCUT2D eigenvalue weighted by atomic mass is 16.6. The number of anilines is 1. The largest absolute Gasteiger partial charge is 0.497 e. The van der Waals surface area contributed by atoms with E-state index in [1.807, 2.05) is 53.4 Å². The van der Waals surface area contributed by atoms with Crippen LogP contribution < -0.4 is 20.3 Å². The Morgan fingerprint density at radius 2 is 1.15 bits per heavy atom. The maximum atomic E-state index is 12.1. The van der Waals surface area contributed by atoms with E-state index in [-0.39, 0.29) is 13.2 Å². The standard InChI is InChI=1S/C31H47N5O5/c1-4-6-8-10-20-32-30(37)40-24-22-36(23-25-41-31(38)33-21-11-9-7-5-2)28-16-12-26(13-17-28)34-35-27-14-18-29(39-3)19-15-27/h12-19H,4-11,20-25H2,1-3H3,(H,32,37)(H,33,38)/b35-34+. The molecular formula is C31H47N5O5. The summed E-state index contributed by atoms with van der Waals surface area (Å²) >= 11 is 0. The molecule has 0 heterocycles. The third-order valence-electron chi connectivity index (χ3n) is 6.36. The summed E-state index contributed by atoms with van der Waals surface area (Å²) in [5.74, 6) is 0.760. The van der Waals surface area contributed by atoms with E-state index < -0.39 is 12.2 Å². The molecule has 0 saturated heterocycles. The molecule has 10 nitrogen and oxygen atoms in total. The maximum Gasteiger partial charge on any atom is 0.407 e. The van der Waals surface area contributed by atoms with E-state index in [2.05, 4.69) is 34.7 Å². The molecule has 0 bridgehead atoms. The number of nitrogens with one attached hydrogen (secondary N) is 2. The fourth-order valence-electron chi connectivity index (χ4n) is 3.95. The van der Waals surface area contributed by atoms with Gasteiger partial charge in [0.1, 0.15) is 19.0 Å². The van der Waals surface area contributed by atoms with Gasteiger partial charge in [-0.15, -0.1) is 0 Å². The van der Waals surface area contributed by atoms with Gasteiger partial charge in [0.05, 0.1) is 31.6 Å². The Bertz CT molecular complexity index is 983. The lowest BCUT2D eigenvalue weighted by atomic mass is 10.2. The number of azo groups is 1. The zero-order valence-corrected chi connectivity index (χ0v) is 24.9. The molecule has 2 N–H and O–H groups in total. The van der Waals surface area contributed by atoms with Gasteiger partial charge in [-0.1, -0.05) is 52.4 Å². The molecule has 0 unspecified atom stereocenters. The molecule has 0 atom stereocenters. The van der Waals surface area contributed by atoms with Crippen molar-refractivity contribution in [3.8, 4) is 5.75 Å². The highest BCUT2D eigenvalue weighted by Crippen LogP contribution is 2.23. The van der Waals surface area contributed by atoms with Gasteiger partial charge in [0.25, 0.3) is 0 Å². The van der Waals surface area contributed by atoms with Crippen LogP contribution in [0.4, 0.5) is 26.7 Å². The quantitative estimate of drug-likeness (QED) is 0.126. The first-order valence-electron chi connectivity index (χ1n) is 14.8. The Morgan fingerprint density at radius 1 is 0.683 bits per heavy atom. The normalized spacial score (nSPS) is 10.8. The molecule has 0 saturated carbocycles. The van der Waals surface area contributed by atoms with E-state index >= 15 is 0 Å². The summed E-state index contributed by atoms with van der Waals surface area (Å²) in [5.41, 5.74) is 2.31. The minimum Gasteiger partial charge on any atom is -0.497 e. The molecule has 2 aromatic rings. The molecular weight excluding hydrogens is 522 g/mol. The number of ether oxygens (including phenoxy) is 3. The third-order valence-corrected chi connectivity index (χ3v) is 6.36. The second-order valence-corrected chi connectivity index (χ2v) is 9.65. The first-order chi connectivity index (χ1) is 20.0. The molecule has 2 rings (SSSR count). The van der Waals surface area contributed by atoms with Crippen molar-refractivity contribution in [2.24, 2.45) is 10.2 Å². The molecule has 0 aliphatic carbocycles. The Labute approximate surface area is 244 Å². The Hall–Kier alpha value is -3.82. The molecule has 0 aliphatic rings. The zero-order chi connectivity index (χ0) is 29.5. The Balaban J connectivity index is 1.90. The van der Waals surface area contributed by atoms with Crippen LogP contribution in [0.3, 0.4) is 0 Å². The average Bonchev–Trinajstić information content (AvgIpc) is 2.99. The number of rotatable bonds is 20. The van der Waals surface area contributed by atoms with Crippen molar-refractivity contribution in [1.29, 1.82) is 0 Å². The first-order valence-corrected chi connectivity index (χ1v) is 14.8. The molecule has 0 spiro atoms. The number of benzene rings is 2. The van der Waals surface area contributed by atoms with Crippen molar-refractivity contribution in [2.75, 3.05) is 51.4 Å². The van der Waals surface area contributed by atoms with Gasteiger partial charge in [-0.25, -0.2) is 9.59 Å². The fraction of sp³-hybridized carbons (Fsp3) is 0.548. The van der Waals surface area contributed by atoms with Gasteiger partial charge in [-0.3, -0.25) is 0 Å². The minimum atomic E-state index is -0.422. The summed E-state index contributed by atoms with van der Waals surface area (Å²) in [6.07, 6.45) is 7.83. The van der Waals surface area contributed by atoms with Crippen LogP contribution in [-0.4, -0.2) is 58.7 Å². The monoisotopic (exact) mass is 569 g/mol. The molecule has 226 valence electrons. The number of carbonyl (C=O) groups is 2. The zero-order valence-electron chi connectivity index (χ0n) is 24.9. The molecule has 10 heteroatoms. The van der Waals surface area contributed by atoms with Crippen molar-refractivity contribution in [3.63, 3.8) is 0 Å². The van der Waals surface area contributed by atoms with Gasteiger partial charge >= 0.3 is 12.2 Å². The fourth-order valence-corrected chi connectivity index (χ4v) is 3.95. The van der Waals surface area contributed by atoms with Gasteiger partial charge < -0.3 is 29.7 Å². The van der Waals surface area contributed by atoms with E-state index in [0.717, 1.165) is 68.5 Å². The van der Waals surface area contributed by atoms with E-state index in [4.69, 9.17) is 14.2 Å². The van der Waals surface area contributed by atoms with Crippen LogP contribution >= 0.6 is 0 Å². The summed E-state index contributed by atoms with van der Waals surface area (Å²) in [6, 6.07) is 14.9. The van der Waals surface area contributed by atoms with Gasteiger partial charge in [-0.2, -0.15) is 10.2 Å². The number of hydrogen-bond acceptors (Lipinski definition) is 8. The predicted octanol–water partition coefficient (Wildman–Crippen LogP) is 7.53. The number of carbonyl (C=O) groups excluding carboxylic acids is 2. The molecule has 41 heavy (non-hydrogen) atoms. The maximum absolute atomic E-state index is 12.1. The number of methoxy groups -OCH3 is 1. The molecule has 2 amide bonds. The van der Waals surface area contributed by atoms with Crippen LogP contribution in [0.1, 0.15) is 65.2 Å². The second kappa shape index (κ2) is 21.0. The van der Waals surface area contributed by atoms with Gasteiger partial charge in [0.2, 0.25) is 0 Å². The number of amides is 2. The number of alkyl carbamates (subject to hydrolysis) is 2. The summed E-state index contributed by atoms with van der Waals surface area (Å²) in [5, 5.41) is 14.2. The van der Waals surface area contributed by atoms with Crippen molar-refractivity contribution < 1.29 is 23.8 Å². The average molecular weight is 570 g/mol. The molecule has 0 radical (unpaired) electrons. The van der Waals surface area contributed by atoms with Gasteiger partial charge in [-0.05, 0) is 61.4 Å². The lowest BCUT2D eigenvalue weighted by Crippen LogP contribution is -2.35. The molecule has 0 fully saturated rings. The van der Waals surface area contributed by atoms with Crippen molar-refractivity contribution in [3.05, 3.63) is 48.5 Å².